The fraction of sp³-hybridized carbons (Fsp3) is 0.0233. The average Bonchev–Trinajstić information content (AvgIpc) is 3.79. The van der Waals surface area contributed by atoms with Crippen molar-refractivity contribution in [3.05, 3.63) is 145 Å². The minimum Gasteiger partial charge on any atom is -0.135 e. The third kappa shape index (κ3) is 3.96. The highest BCUT2D eigenvalue weighted by molar-refractivity contribution is 7.27. The van der Waals surface area contributed by atoms with Gasteiger partial charge in [0, 0.05) is 60.5 Å². The van der Waals surface area contributed by atoms with Crippen molar-refractivity contribution in [1.29, 1.82) is 0 Å². The largest absolute Gasteiger partial charge is 0.135 e. The summed E-state index contributed by atoms with van der Waals surface area (Å²) in [4.78, 5) is 0. The minimum absolute atomic E-state index is 1.26. The van der Waals surface area contributed by atoms with E-state index < -0.39 is 0 Å². The van der Waals surface area contributed by atoms with Crippen LogP contribution in [0, 0.1) is 6.92 Å². The van der Waals surface area contributed by atoms with E-state index in [9.17, 15) is 0 Å². The third-order valence-corrected chi connectivity index (χ3v) is 13.0. The zero-order chi connectivity index (χ0) is 30.4. The molecule has 0 saturated carbocycles. The van der Waals surface area contributed by atoms with Crippen LogP contribution in [0.3, 0.4) is 0 Å². The number of benzene rings is 7. The zero-order valence-corrected chi connectivity index (χ0v) is 27.5. The van der Waals surface area contributed by atoms with Gasteiger partial charge in [-0.2, -0.15) is 0 Å². The Morgan fingerprint density at radius 2 is 0.717 bits per heavy atom. The normalized spacial score (nSPS) is 12.0. The topological polar surface area (TPSA) is 0 Å². The molecule has 0 spiro atoms. The highest BCUT2D eigenvalue weighted by Crippen LogP contribution is 2.46. The van der Waals surface area contributed by atoms with E-state index >= 15 is 0 Å². The fourth-order valence-electron chi connectivity index (χ4n) is 7.18. The molecule has 3 heterocycles. The molecule has 10 aromatic rings. The molecule has 0 aliphatic rings. The molecule has 0 saturated heterocycles. The van der Waals surface area contributed by atoms with Gasteiger partial charge >= 0.3 is 0 Å². The molecule has 0 aliphatic heterocycles. The second kappa shape index (κ2) is 10.1. The molecule has 0 fully saturated rings. The van der Waals surface area contributed by atoms with Gasteiger partial charge in [-0.1, -0.05) is 103 Å². The van der Waals surface area contributed by atoms with E-state index in [1.807, 2.05) is 34.0 Å². The van der Waals surface area contributed by atoms with Crippen LogP contribution in [0.1, 0.15) is 5.56 Å². The van der Waals surface area contributed by atoms with E-state index in [1.165, 1.54) is 99.5 Å². The van der Waals surface area contributed by atoms with Gasteiger partial charge in [0.25, 0.3) is 0 Å². The first-order valence-electron chi connectivity index (χ1n) is 15.6. The van der Waals surface area contributed by atoms with Gasteiger partial charge in [-0.15, -0.1) is 34.0 Å². The Balaban J connectivity index is 1.29. The second-order valence-corrected chi connectivity index (χ2v) is 15.3. The lowest BCUT2D eigenvalue weighted by Crippen LogP contribution is -1.87. The maximum absolute atomic E-state index is 2.43. The molecule has 10 rings (SSSR count). The molecule has 0 nitrogen and oxygen atoms in total. The van der Waals surface area contributed by atoms with Crippen LogP contribution in [0.2, 0.25) is 0 Å². The Bertz CT molecular complexity index is 2690. The van der Waals surface area contributed by atoms with Crippen molar-refractivity contribution in [2.75, 3.05) is 0 Å². The molecule has 3 aromatic heterocycles. The van der Waals surface area contributed by atoms with Crippen LogP contribution in [0.5, 0.6) is 0 Å². The maximum atomic E-state index is 2.43. The van der Waals surface area contributed by atoms with Crippen molar-refractivity contribution in [3.8, 4) is 33.4 Å². The molecule has 0 unspecified atom stereocenters. The summed E-state index contributed by atoms with van der Waals surface area (Å²) < 4.78 is 8.06. The Hall–Kier alpha value is -4.80. The highest BCUT2D eigenvalue weighted by atomic mass is 32.1. The first-order chi connectivity index (χ1) is 22.7. The summed E-state index contributed by atoms with van der Waals surface area (Å²) in [5, 5.41) is 8.02. The molecule has 0 radical (unpaired) electrons. The summed E-state index contributed by atoms with van der Waals surface area (Å²) in [6.45, 7) is 2.19. The van der Waals surface area contributed by atoms with Crippen LogP contribution in [-0.4, -0.2) is 0 Å². The van der Waals surface area contributed by atoms with Crippen molar-refractivity contribution >= 4 is 94.5 Å². The molecular formula is C43H26S3. The number of rotatable bonds is 3. The monoisotopic (exact) mass is 638 g/mol. The van der Waals surface area contributed by atoms with Crippen molar-refractivity contribution in [3.63, 3.8) is 0 Å². The maximum Gasteiger partial charge on any atom is 0.0433 e. The van der Waals surface area contributed by atoms with Gasteiger partial charge in [-0.05, 0) is 82.8 Å². The molecule has 3 heteroatoms. The van der Waals surface area contributed by atoms with E-state index in [-0.39, 0.29) is 0 Å². The molecule has 0 aliphatic carbocycles. The first kappa shape index (κ1) is 26.4. The average molecular weight is 639 g/mol. The zero-order valence-electron chi connectivity index (χ0n) is 25.0. The lowest BCUT2D eigenvalue weighted by atomic mass is 9.92. The summed E-state index contributed by atoms with van der Waals surface area (Å²) in [7, 11) is 0. The summed E-state index contributed by atoms with van der Waals surface area (Å²) >= 11 is 5.72. The molecule has 216 valence electrons. The number of hydrogen-bond acceptors (Lipinski definition) is 3. The lowest BCUT2D eigenvalue weighted by Gasteiger charge is -2.13. The Kier molecular flexibility index (Phi) is 5.80. The van der Waals surface area contributed by atoms with E-state index in [0.717, 1.165) is 0 Å². The third-order valence-electron chi connectivity index (χ3n) is 9.33. The summed E-state index contributed by atoms with van der Waals surface area (Å²) in [6.07, 6.45) is 0. The number of fused-ring (bicyclic) bond motifs is 9. The standard InChI is InChI=1S/C43H26S3/c1-25-19-20-40-37(21-25)36-16-8-13-31(43(36)46-40)28-23-26(29-11-6-14-34-32-9-2-4-17-38(32)44-41(29)34)22-27(24-28)30-12-7-15-35-33-10-3-5-18-39(33)45-42(30)35/h2-24H,1H3. The van der Waals surface area contributed by atoms with Crippen LogP contribution < -0.4 is 0 Å². The van der Waals surface area contributed by atoms with Crippen molar-refractivity contribution in [2.24, 2.45) is 0 Å². The SMILES string of the molecule is Cc1ccc2sc3c(-c4cc(-c5cccc6c5sc5ccccc56)cc(-c5cccc6c5sc5ccccc56)c4)cccc3c2c1. The number of thiophene rings is 3. The molecule has 46 heavy (non-hydrogen) atoms. The minimum atomic E-state index is 1.26. The van der Waals surface area contributed by atoms with Gasteiger partial charge in [-0.25, -0.2) is 0 Å². The van der Waals surface area contributed by atoms with Gasteiger partial charge in [0.15, 0.2) is 0 Å². The summed E-state index contributed by atoms with van der Waals surface area (Å²) in [5.74, 6) is 0. The summed E-state index contributed by atoms with van der Waals surface area (Å²) in [5.41, 5.74) is 8.97. The van der Waals surface area contributed by atoms with Gasteiger partial charge in [-0.3, -0.25) is 0 Å². The number of hydrogen-bond donors (Lipinski definition) is 0. The molecule has 0 amide bonds. The predicted octanol–water partition coefficient (Wildman–Crippen LogP) is 14.1. The molecule has 0 bridgehead atoms. The second-order valence-electron chi connectivity index (χ2n) is 12.1. The van der Waals surface area contributed by atoms with Crippen molar-refractivity contribution in [2.45, 2.75) is 6.92 Å². The van der Waals surface area contributed by atoms with Crippen LogP contribution in [0.15, 0.2) is 140 Å². The van der Waals surface area contributed by atoms with Gasteiger partial charge in [0.1, 0.15) is 0 Å². The van der Waals surface area contributed by atoms with E-state index in [4.69, 9.17) is 0 Å². The highest BCUT2D eigenvalue weighted by Gasteiger charge is 2.17. The van der Waals surface area contributed by atoms with Gasteiger partial charge < -0.3 is 0 Å². The Morgan fingerprint density at radius 1 is 0.326 bits per heavy atom. The quantitative estimate of drug-likeness (QED) is 0.181. The first-order valence-corrected chi connectivity index (χ1v) is 18.0. The smallest absolute Gasteiger partial charge is 0.0433 e. The van der Waals surface area contributed by atoms with Gasteiger partial charge in [0.05, 0.1) is 0 Å². The van der Waals surface area contributed by atoms with Crippen LogP contribution in [0.25, 0.3) is 93.9 Å². The van der Waals surface area contributed by atoms with Crippen LogP contribution in [-0.2, 0) is 0 Å². The van der Waals surface area contributed by atoms with E-state index in [0.29, 0.717) is 0 Å². The molecule has 7 aromatic carbocycles. The van der Waals surface area contributed by atoms with Crippen LogP contribution >= 0.6 is 34.0 Å². The van der Waals surface area contributed by atoms with E-state index in [1.54, 1.807) is 0 Å². The van der Waals surface area contributed by atoms with Crippen molar-refractivity contribution < 1.29 is 0 Å². The van der Waals surface area contributed by atoms with Gasteiger partial charge in [0.2, 0.25) is 0 Å². The Labute approximate surface area is 278 Å². The summed E-state index contributed by atoms with van der Waals surface area (Å²) in [6, 6.07) is 52.2. The predicted molar refractivity (Wildman–Crippen MR) is 206 cm³/mol. The number of aryl methyl sites for hydroxylation is 1. The van der Waals surface area contributed by atoms with Crippen molar-refractivity contribution in [1.82, 2.24) is 0 Å². The molecule has 0 atom stereocenters. The van der Waals surface area contributed by atoms with E-state index in [2.05, 4.69) is 146 Å². The Morgan fingerprint density at radius 3 is 1.20 bits per heavy atom. The molecular weight excluding hydrogens is 613 g/mol. The lowest BCUT2D eigenvalue weighted by molar-refractivity contribution is 1.52. The van der Waals surface area contributed by atoms with Crippen LogP contribution in [0.4, 0.5) is 0 Å². The fourth-order valence-corrected chi connectivity index (χ4v) is 10.9. The molecule has 0 N–H and O–H groups in total.